The molecule has 0 aromatic heterocycles. The summed E-state index contributed by atoms with van der Waals surface area (Å²) in [6.07, 6.45) is -3.76. The van der Waals surface area contributed by atoms with Gasteiger partial charge in [-0.2, -0.15) is 0 Å². The number of esters is 3. The molecule has 10 nitrogen and oxygen atoms in total. The summed E-state index contributed by atoms with van der Waals surface area (Å²) in [5.74, 6) is -3.98. The van der Waals surface area contributed by atoms with Crippen LogP contribution in [0, 0.1) is 0 Å². The van der Waals surface area contributed by atoms with Crippen molar-refractivity contribution in [3.8, 4) is 0 Å². The average Bonchev–Trinajstić information content (AvgIpc) is 3.00. The average molecular weight is 557 g/mol. The Morgan fingerprint density at radius 1 is 0.824 bits per heavy atom. The van der Waals surface area contributed by atoms with Crippen molar-refractivity contribution >= 4 is 76.1 Å². The molecule has 1 aromatic rings. The van der Waals surface area contributed by atoms with Crippen LogP contribution >= 0.6 is 46.4 Å². The Kier molecular flexibility index (Phi) is 7.99. The first-order valence-electron chi connectivity index (χ1n) is 9.70. The third kappa shape index (κ3) is 4.83. The Balaban J connectivity index is 2.06. The first-order chi connectivity index (χ1) is 15.9. The molecule has 3 unspecified atom stereocenters. The van der Waals surface area contributed by atoms with E-state index in [1.807, 2.05) is 0 Å². The van der Waals surface area contributed by atoms with Crippen LogP contribution in [-0.2, 0) is 33.3 Å². The summed E-state index contributed by atoms with van der Waals surface area (Å²) in [4.78, 5) is 62.3. The molecule has 0 spiro atoms. The monoisotopic (exact) mass is 555 g/mol. The Hall–Kier alpha value is -2.11. The van der Waals surface area contributed by atoms with E-state index in [0.29, 0.717) is 0 Å². The first-order valence-corrected chi connectivity index (χ1v) is 11.2. The van der Waals surface area contributed by atoms with Crippen LogP contribution in [-0.4, -0.2) is 72.2 Å². The van der Waals surface area contributed by atoms with Gasteiger partial charge in [-0.3, -0.25) is 28.9 Å². The van der Waals surface area contributed by atoms with E-state index < -0.39 is 54.1 Å². The fraction of sp³-hybridized carbons (Fsp3) is 0.450. The molecule has 0 bridgehead atoms. The molecule has 14 heteroatoms. The molecule has 34 heavy (non-hydrogen) atoms. The molecule has 184 valence electrons. The minimum absolute atomic E-state index is 0.217. The van der Waals surface area contributed by atoms with Crippen LogP contribution in [0.5, 0.6) is 0 Å². The lowest BCUT2D eigenvalue weighted by molar-refractivity contribution is -0.211. The zero-order valence-electron chi connectivity index (χ0n) is 17.9. The number of benzene rings is 1. The van der Waals surface area contributed by atoms with Gasteiger partial charge in [0, 0.05) is 20.8 Å². The highest BCUT2D eigenvalue weighted by Crippen LogP contribution is 2.46. The van der Waals surface area contributed by atoms with E-state index in [0.717, 1.165) is 18.7 Å². The van der Waals surface area contributed by atoms with Crippen LogP contribution in [0.25, 0.3) is 0 Å². The van der Waals surface area contributed by atoms with Gasteiger partial charge in [0.05, 0.1) is 37.8 Å². The molecular weight excluding hydrogens is 540 g/mol. The number of hydrogen-bond acceptors (Lipinski definition) is 9. The number of nitrogens with zero attached hydrogens (tertiary/aromatic N) is 1. The second-order valence-electron chi connectivity index (χ2n) is 7.38. The molecule has 2 heterocycles. The summed E-state index contributed by atoms with van der Waals surface area (Å²) in [6.45, 7) is 2.65. The van der Waals surface area contributed by atoms with E-state index in [2.05, 4.69) is 0 Å². The van der Waals surface area contributed by atoms with Crippen LogP contribution in [0.4, 0.5) is 0 Å². The smallest absolute Gasteiger partial charge is 0.303 e. The Labute approximate surface area is 213 Å². The summed E-state index contributed by atoms with van der Waals surface area (Å²) in [5, 5.41) is -0.995. The molecule has 0 radical (unpaired) electrons. The first kappa shape index (κ1) is 26.5. The van der Waals surface area contributed by atoms with Crippen molar-refractivity contribution in [2.45, 2.75) is 45.1 Å². The minimum Gasteiger partial charge on any atom is -0.463 e. The van der Waals surface area contributed by atoms with Gasteiger partial charge in [-0.15, -0.1) is 0 Å². The molecule has 0 aliphatic carbocycles. The maximum Gasteiger partial charge on any atom is 0.303 e. The molecule has 2 amide bonds. The highest BCUT2D eigenvalue weighted by atomic mass is 35.5. The van der Waals surface area contributed by atoms with Gasteiger partial charge >= 0.3 is 17.9 Å². The standard InChI is InChI=1S/C20H17Cl4NO9/c1-6(26)31-5-10-18(34-8(3)28)17(33-7(2)27)9(4-32-10)25-19(29)11-12(20(25)30)14(22)16(24)15(23)13(11)21/h9-10,17-18H,4-5H2,1-3H3/t9?,10?,17?,18-/m0/s1. The number of hydrogen-bond donors (Lipinski definition) is 0. The van der Waals surface area contributed by atoms with Crippen molar-refractivity contribution in [2.24, 2.45) is 0 Å². The predicted octanol–water partition coefficient (Wildman–Crippen LogP) is 3.09. The fourth-order valence-corrected chi connectivity index (χ4v) is 4.76. The number of ether oxygens (including phenoxy) is 4. The van der Waals surface area contributed by atoms with E-state index in [-0.39, 0.29) is 44.4 Å². The topological polar surface area (TPSA) is 126 Å². The zero-order valence-corrected chi connectivity index (χ0v) is 20.9. The number of imide groups is 1. The predicted molar refractivity (Wildman–Crippen MR) is 118 cm³/mol. The van der Waals surface area contributed by atoms with E-state index in [1.165, 1.54) is 6.92 Å². The summed E-state index contributed by atoms with van der Waals surface area (Å²) < 4.78 is 21.3. The number of amides is 2. The number of fused-ring (bicyclic) bond motifs is 1. The second-order valence-corrected chi connectivity index (χ2v) is 8.89. The van der Waals surface area contributed by atoms with Gasteiger partial charge in [0.25, 0.3) is 11.8 Å². The Bertz CT molecular complexity index is 1050. The SMILES string of the molecule is CC(=O)OCC1OCC(N2C(=O)c3c(Cl)c(Cl)c(Cl)c(Cl)c3C2=O)C(OC(C)=O)[C@H]1OC(C)=O. The van der Waals surface area contributed by atoms with Crippen molar-refractivity contribution < 1.29 is 42.9 Å². The van der Waals surface area contributed by atoms with Crippen molar-refractivity contribution in [3.05, 3.63) is 31.2 Å². The van der Waals surface area contributed by atoms with Crippen molar-refractivity contribution in [3.63, 3.8) is 0 Å². The summed E-state index contributed by atoms with van der Waals surface area (Å²) in [5.41, 5.74) is -0.558. The minimum atomic E-state index is -1.37. The van der Waals surface area contributed by atoms with E-state index >= 15 is 0 Å². The van der Waals surface area contributed by atoms with Gasteiger partial charge in [-0.25, -0.2) is 0 Å². The Morgan fingerprint density at radius 3 is 1.74 bits per heavy atom. The molecule has 0 saturated carbocycles. The lowest BCUT2D eigenvalue weighted by Crippen LogP contribution is -2.63. The van der Waals surface area contributed by atoms with Gasteiger partial charge in [-0.1, -0.05) is 46.4 Å². The highest BCUT2D eigenvalue weighted by Gasteiger charge is 2.54. The summed E-state index contributed by atoms with van der Waals surface area (Å²) in [7, 11) is 0. The quantitative estimate of drug-likeness (QED) is 0.177. The van der Waals surface area contributed by atoms with Crippen molar-refractivity contribution in [2.75, 3.05) is 13.2 Å². The molecule has 1 fully saturated rings. The van der Waals surface area contributed by atoms with Crippen LogP contribution in [0.1, 0.15) is 41.5 Å². The number of carbonyl (C=O) groups excluding carboxylic acids is 5. The number of rotatable bonds is 5. The molecule has 2 aliphatic rings. The lowest BCUT2D eigenvalue weighted by Gasteiger charge is -2.43. The van der Waals surface area contributed by atoms with Gasteiger partial charge in [0.1, 0.15) is 18.8 Å². The van der Waals surface area contributed by atoms with Gasteiger partial charge in [-0.05, 0) is 0 Å². The molecular formula is C20H17Cl4NO9. The summed E-state index contributed by atoms with van der Waals surface area (Å²) >= 11 is 24.5. The largest absolute Gasteiger partial charge is 0.463 e. The normalized spacial score (nSPS) is 24.0. The van der Waals surface area contributed by atoms with E-state index in [1.54, 1.807) is 0 Å². The second kappa shape index (κ2) is 10.2. The molecule has 4 atom stereocenters. The molecule has 1 aromatic carbocycles. The van der Waals surface area contributed by atoms with E-state index in [4.69, 9.17) is 65.4 Å². The molecule has 0 N–H and O–H groups in total. The number of carbonyl (C=O) groups is 5. The van der Waals surface area contributed by atoms with Crippen molar-refractivity contribution in [1.29, 1.82) is 0 Å². The maximum atomic E-state index is 13.3. The maximum absolute atomic E-state index is 13.3. The lowest BCUT2D eigenvalue weighted by atomic mass is 9.96. The molecule has 1 saturated heterocycles. The Morgan fingerprint density at radius 2 is 1.29 bits per heavy atom. The number of halogens is 4. The van der Waals surface area contributed by atoms with Crippen LogP contribution in [0.3, 0.4) is 0 Å². The molecule has 3 rings (SSSR count). The van der Waals surface area contributed by atoms with E-state index in [9.17, 15) is 24.0 Å². The van der Waals surface area contributed by atoms with Crippen LogP contribution < -0.4 is 0 Å². The third-order valence-electron chi connectivity index (χ3n) is 5.07. The van der Waals surface area contributed by atoms with Gasteiger partial charge in [0.15, 0.2) is 12.2 Å². The zero-order chi connectivity index (χ0) is 25.5. The van der Waals surface area contributed by atoms with Crippen molar-refractivity contribution in [1.82, 2.24) is 4.90 Å². The third-order valence-corrected chi connectivity index (χ3v) is 6.87. The fourth-order valence-electron chi connectivity index (χ4n) is 3.75. The van der Waals surface area contributed by atoms with Gasteiger partial charge < -0.3 is 18.9 Å². The molecule has 2 aliphatic heterocycles. The van der Waals surface area contributed by atoms with Crippen LogP contribution in [0.2, 0.25) is 20.1 Å². The van der Waals surface area contributed by atoms with Crippen LogP contribution in [0.15, 0.2) is 0 Å². The van der Waals surface area contributed by atoms with Gasteiger partial charge in [0.2, 0.25) is 0 Å². The summed E-state index contributed by atoms with van der Waals surface area (Å²) in [6, 6.07) is -1.26. The highest BCUT2D eigenvalue weighted by molar-refractivity contribution is 6.55.